The van der Waals surface area contributed by atoms with Crippen molar-refractivity contribution in [2.45, 2.75) is 38.6 Å². The Bertz CT molecular complexity index is 472. The van der Waals surface area contributed by atoms with Gasteiger partial charge in [0, 0.05) is 18.7 Å². The van der Waals surface area contributed by atoms with Gasteiger partial charge < -0.3 is 16.4 Å². The standard InChI is InChI=1S/C15H23N3O/c1-10-5-3-4-6-13(10)18(2)14-9-11(15(17)19)7-8-12(14)16/h7-10,13H,3-6,16H2,1-2H3,(H2,17,19). The van der Waals surface area contributed by atoms with Gasteiger partial charge in [-0.05, 0) is 37.0 Å². The predicted octanol–water partition coefficient (Wildman–Crippen LogP) is 2.38. The van der Waals surface area contributed by atoms with Crippen molar-refractivity contribution in [3.63, 3.8) is 0 Å². The topological polar surface area (TPSA) is 72.3 Å². The molecule has 0 spiro atoms. The van der Waals surface area contributed by atoms with Crippen LogP contribution in [0, 0.1) is 5.92 Å². The van der Waals surface area contributed by atoms with E-state index in [0.29, 0.717) is 23.2 Å². The Kier molecular flexibility index (Phi) is 3.98. The highest BCUT2D eigenvalue weighted by atomic mass is 16.1. The molecule has 104 valence electrons. The molecule has 1 aromatic carbocycles. The molecule has 2 atom stereocenters. The van der Waals surface area contributed by atoms with Gasteiger partial charge in [-0.25, -0.2) is 0 Å². The van der Waals surface area contributed by atoms with Gasteiger partial charge in [0.05, 0.1) is 11.4 Å². The van der Waals surface area contributed by atoms with Crippen molar-refractivity contribution >= 4 is 17.3 Å². The Morgan fingerprint density at radius 1 is 1.32 bits per heavy atom. The van der Waals surface area contributed by atoms with Crippen LogP contribution in [0.4, 0.5) is 11.4 Å². The summed E-state index contributed by atoms with van der Waals surface area (Å²) < 4.78 is 0. The molecule has 0 saturated heterocycles. The number of nitrogens with zero attached hydrogens (tertiary/aromatic N) is 1. The number of hydrogen-bond donors (Lipinski definition) is 2. The van der Waals surface area contributed by atoms with Crippen molar-refractivity contribution in [3.8, 4) is 0 Å². The number of benzene rings is 1. The lowest BCUT2D eigenvalue weighted by Gasteiger charge is -2.38. The van der Waals surface area contributed by atoms with Gasteiger partial charge in [0.25, 0.3) is 0 Å². The second-order valence-corrected chi connectivity index (χ2v) is 5.58. The zero-order valence-corrected chi connectivity index (χ0v) is 11.7. The number of hydrogen-bond acceptors (Lipinski definition) is 3. The number of primary amides is 1. The molecule has 1 saturated carbocycles. The maximum Gasteiger partial charge on any atom is 0.248 e. The van der Waals surface area contributed by atoms with Gasteiger partial charge in [0.2, 0.25) is 5.91 Å². The maximum atomic E-state index is 11.3. The molecule has 1 aromatic rings. The van der Waals surface area contributed by atoms with E-state index < -0.39 is 5.91 Å². The van der Waals surface area contributed by atoms with Gasteiger partial charge in [-0.3, -0.25) is 4.79 Å². The third-order valence-electron chi connectivity index (χ3n) is 4.26. The summed E-state index contributed by atoms with van der Waals surface area (Å²) >= 11 is 0. The van der Waals surface area contributed by atoms with Crippen LogP contribution in [0.2, 0.25) is 0 Å². The normalized spacial score (nSPS) is 23.1. The number of rotatable bonds is 3. The van der Waals surface area contributed by atoms with Crippen molar-refractivity contribution < 1.29 is 4.79 Å². The first-order valence-electron chi connectivity index (χ1n) is 6.93. The van der Waals surface area contributed by atoms with E-state index in [9.17, 15) is 4.79 Å². The minimum Gasteiger partial charge on any atom is -0.397 e. The number of carbonyl (C=O) groups excluding carboxylic acids is 1. The molecule has 1 aliphatic carbocycles. The molecule has 0 heterocycles. The summed E-state index contributed by atoms with van der Waals surface area (Å²) in [4.78, 5) is 13.5. The van der Waals surface area contributed by atoms with Crippen LogP contribution in [0.3, 0.4) is 0 Å². The van der Waals surface area contributed by atoms with E-state index in [-0.39, 0.29) is 0 Å². The van der Waals surface area contributed by atoms with Gasteiger partial charge >= 0.3 is 0 Å². The molecule has 2 rings (SSSR count). The van der Waals surface area contributed by atoms with Crippen LogP contribution in [-0.2, 0) is 0 Å². The number of carbonyl (C=O) groups is 1. The summed E-state index contributed by atoms with van der Waals surface area (Å²) in [6.07, 6.45) is 5.00. The molecule has 19 heavy (non-hydrogen) atoms. The van der Waals surface area contributed by atoms with Crippen LogP contribution >= 0.6 is 0 Å². The monoisotopic (exact) mass is 261 g/mol. The van der Waals surface area contributed by atoms with Crippen molar-refractivity contribution in [3.05, 3.63) is 23.8 Å². The molecule has 4 heteroatoms. The Morgan fingerprint density at radius 2 is 2.00 bits per heavy atom. The van der Waals surface area contributed by atoms with E-state index in [0.717, 1.165) is 5.69 Å². The predicted molar refractivity (Wildman–Crippen MR) is 79.2 cm³/mol. The third-order valence-corrected chi connectivity index (χ3v) is 4.26. The van der Waals surface area contributed by atoms with Gasteiger partial charge in [0.15, 0.2) is 0 Å². The average molecular weight is 261 g/mol. The molecule has 1 aliphatic rings. The largest absolute Gasteiger partial charge is 0.397 e. The Morgan fingerprint density at radius 3 is 2.63 bits per heavy atom. The van der Waals surface area contributed by atoms with Crippen LogP contribution in [0.5, 0.6) is 0 Å². The highest BCUT2D eigenvalue weighted by Crippen LogP contribution is 2.33. The fourth-order valence-electron chi connectivity index (χ4n) is 3.05. The minimum absolute atomic E-state index is 0.411. The Hall–Kier alpha value is -1.71. The van der Waals surface area contributed by atoms with E-state index in [1.165, 1.54) is 25.7 Å². The van der Waals surface area contributed by atoms with Crippen molar-refractivity contribution in [2.75, 3.05) is 17.7 Å². The molecule has 0 aromatic heterocycles. The van der Waals surface area contributed by atoms with Gasteiger partial charge in [0.1, 0.15) is 0 Å². The first kappa shape index (κ1) is 13.7. The molecule has 0 bridgehead atoms. The highest BCUT2D eigenvalue weighted by Gasteiger charge is 2.26. The first-order valence-corrected chi connectivity index (χ1v) is 6.93. The molecule has 1 amide bonds. The molecule has 4 nitrogen and oxygen atoms in total. The van der Waals surface area contributed by atoms with Crippen LogP contribution in [0.25, 0.3) is 0 Å². The van der Waals surface area contributed by atoms with E-state index >= 15 is 0 Å². The van der Waals surface area contributed by atoms with E-state index in [2.05, 4.69) is 18.9 Å². The first-order chi connectivity index (χ1) is 9.00. The lowest BCUT2D eigenvalue weighted by Crippen LogP contribution is -2.39. The van der Waals surface area contributed by atoms with Gasteiger partial charge in [-0.1, -0.05) is 19.8 Å². The van der Waals surface area contributed by atoms with Crippen LogP contribution in [0.15, 0.2) is 18.2 Å². The third kappa shape index (κ3) is 2.83. The molecular weight excluding hydrogens is 238 g/mol. The summed E-state index contributed by atoms with van der Waals surface area (Å²) in [5.74, 6) is 0.238. The summed E-state index contributed by atoms with van der Waals surface area (Å²) in [5.41, 5.74) is 13.5. The zero-order chi connectivity index (χ0) is 14.0. The fourth-order valence-corrected chi connectivity index (χ4v) is 3.05. The van der Waals surface area contributed by atoms with Gasteiger partial charge in [-0.15, -0.1) is 0 Å². The summed E-state index contributed by atoms with van der Waals surface area (Å²) in [6, 6.07) is 5.73. The van der Waals surface area contributed by atoms with E-state index in [1.54, 1.807) is 18.2 Å². The Labute approximate surface area is 114 Å². The van der Waals surface area contributed by atoms with Crippen molar-refractivity contribution in [1.29, 1.82) is 0 Å². The molecule has 2 unspecified atom stereocenters. The second-order valence-electron chi connectivity index (χ2n) is 5.58. The quantitative estimate of drug-likeness (QED) is 0.820. The van der Waals surface area contributed by atoms with Crippen LogP contribution < -0.4 is 16.4 Å². The smallest absolute Gasteiger partial charge is 0.248 e. The lowest BCUT2D eigenvalue weighted by molar-refractivity contribution is 0.100. The molecule has 0 aliphatic heterocycles. The SMILES string of the molecule is CC1CCCCC1N(C)c1cc(C(N)=O)ccc1N. The second kappa shape index (κ2) is 5.51. The summed E-state index contributed by atoms with van der Waals surface area (Å²) in [7, 11) is 2.06. The minimum atomic E-state index is -0.411. The molecular formula is C15H23N3O. The Balaban J connectivity index is 2.29. The van der Waals surface area contributed by atoms with E-state index in [4.69, 9.17) is 11.5 Å². The lowest BCUT2D eigenvalue weighted by atomic mass is 9.85. The number of anilines is 2. The summed E-state index contributed by atoms with van der Waals surface area (Å²) in [6.45, 7) is 2.29. The molecule has 1 fully saturated rings. The summed E-state index contributed by atoms with van der Waals surface area (Å²) in [5, 5.41) is 0. The molecule has 4 N–H and O–H groups in total. The number of nitrogen functional groups attached to an aromatic ring is 1. The molecule has 0 radical (unpaired) electrons. The number of amides is 1. The fraction of sp³-hybridized carbons (Fsp3) is 0.533. The zero-order valence-electron chi connectivity index (χ0n) is 11.7. The maximum absolute atomic E-state index is 11.3. The van der Waals surface area contributed by atoms with Crippen molar-refractivity contribution in [1.82, 2.24) is 0 Å². The van der Waals surface area contributed by atoms with Crippen LogP contribution in [0.1, 0.15) is 43.0 Å². The van der Waals surface area contributed by atoms with Crippen LogP contribution in [-0.4, -0.2) is 19.0 Å². The van der Waals surface area contributed by atoms with Crippen molar-refractivity contribution in [2.24, 2.45) is 11.7 Å². The van der Waals surface area contributed by atoms with E-state index in [1.807, 2.05) is 0 Å². The number of nitrogens with two attached hydrogens (primary N) is 2. The highest BCUT2D eigenvalue weighted by molar-refractivity contribution is 5.95. The van der Waals surface area contributed by atoms with Gasteiger partial charge in [-0.2, -0.15) is 0 Å². The average Bonchev–Trinajstić information content (AvgIpc) is 2.38.